The van der Waals surface area contributed by atoms with Gasteiger partial charge in [-0.25, -0.2) is 4.39 Å². The zero-order valence-electron chi connectivity index (χ0n) is 16.7. The first-order valence-electron chi connectivity index (χ1n) is 10.1. The molecule has 0 aromatic heterocycles. The molecule has 0 aliphatic carbocycles. The number of hydrogen-bond donors (Lipinski definition) is 2. The number of halogens is 1. The Labute approximate surface area is 170 Å². The quantitative estimate of drug-likeness (QED) is 0.829. The van der Waals surface area contributed by atoms with Crippen LogP contribution in [0.15, 0.2) is 42.5 Å². The Morgan fingerprint density at radius 2 is 1.79 bits per heavy atom. The topological polar surface area (TPSA) is 61.4 Å². The number of piperidine rings is 1. The summed E-state index contributed by atoms with van der Waals surface area (Å²) >= 11 is 0. The maximum Gasteiger partial charge on any atom is 0.258 e. The van der Waals surface area contributed by atoms with Crippen molar-refractivity contribution in [2.24, 2.45) is 0 Å². The van der Waals surface area contributed by atoms with Crippen molar-refractivity contribution in [3.05, 3.63) is 65.0 Å². The van der Waals surface area contributed by atoms with Crippen LogP contribution in [0.4, 0.5) is 10.1 Å². The molecule has 6 heteroatoms. The zero-order chi connectivity index (χ0) is 20.5. The van der Waals surface area contributed by atoms with Gasteiger partial charge in [0.25, 0.3) is 11.8 Å². The molecule has 2 heterocycles. The lowest BCUT2D eigenvalue weighted by molar-refractivity contribution is 0.0681. The molecule has 2 aromatic carbocycles. The van der Waals surface area contributed by atoms with Crippen LogP contribution in [0.1, 0.15) is 52.0 Å². The molecular weight excluding hydrogens is 369 g/mol. The third-order valence-corrected chi connectivity index (χ3v) is 6.17. The van der Waals surface area contributed by atoms with E-state index in [-0.39, 0.29) is 17.5 Å². The van der Waals surface area contributed by atoms with Crippen LogP contribution in [0.25, 0.3) is 0 Å². The number of hydrogen-bond acceptors (Lipinski definition) is 3. The molecule has 2 fully saturated rings. The SMILES string of the molecule is Cc1ccc(C(=O)N(C)C2CC3CCC(C2)N3)cc1NC(=O)c1ccccc1F. The van der Waals surface area contributed by atoms with Crippen molar-refractivity contribution in [2.75, 3.05) is 12.4 Å². The standard InChI is InChI=1S/C23H26FN3O2/c1-14-7-8-15(11-21(14)26-22(28)19-5-3-4-6-20(19)24)23(29)27(2)18-12-16-9-10-17(13-18)25-16/h3-8,11,16-18,25H,9-10,12-13H2,1-2H3,(H,26,28). The number of nitrogens with zero attached hydrogens (tertiary/aromatic N) is 1. The number of fused-ring (bicyclic) bond motifs is 2. The summed E-state index contributed by atoms with van der Waals surface area (Å²) in [5, 5.41) is 6.34. The molecule has 2 N–H and O–H groups in total. The molecule has 0 spiro atoms. The molecule has 0 radical (unpaired) electrons. The largest absolute Gasteiger partial charge is 0.339 e. The number of carbonyl (C=O) groups is 2. The summed E-state index contributed by atoms with van der Waals surface area (Å²) in [5.74, 6) is -1.16. The third-order valence-electron chi connectivity index (χ3n) is 6.17. The molecule has 2 atom stereocenters. The molecule has 29 heavy (non-hydrogen) atoms. The van der Waals surface area contributed by atoms with Crippen molar-refractivity contribution in [2.45, 2.75) is 50.7 Å². The highest BCUT2D eigenvalue weighted by atomic mass is 19.1. The first kappa shape index (κ1) is 19.6. The molecule has 2 aliphatic rings. The fourth-order valence-electron chi connectivity index (χ4n) is 4.44. The summed E-state index contributed by atoms with van der Waals surface area (Å²) in [4.78, 5) is 27.4. The van der Waals surface area contributed by atoms with E-state index >= 15 is 0 Å². The van der Waals surface area contributed by atoms with E-state index in [4.69, 9.17) is 0 Å². The maximum absolute atomic E-state index is 13.9. The molecule has 2 amide bonds. The molecule has 2 aliphatic heterocycles. The Morgan fingerprint density at radius 3 is 2.48 bits per heavy atom. The number of aryl methyl sites for hydroxylation is 1. The Morgan fingerprint density at radius 1 is 1.10 bits per heavy atom. The van der Waals surface area contributed by atoms with E-state index in [2.05, 4.69) is 10.6 Å². The highest BCUT2D eigenvalue weighted by Crippen LogP contribution is 2.30. The summed E-state index contributed by atoms with van der Waals surface area (Å²) in [6.07, 6.45) is 4.31. The molecule has 152 valence electrons. The number of anilines is 1. The summed E-state index contributed by atoms with van der Waals surface area (Å²) < 4.78 is 13.9. The van der Waals surface area contributed by atoms with Crippen molar-refractivity contribution in [3.63, 3.8) is 0 Å². The molecule has 0 saturated carbocycles. The number of rotatable bonds is 4. The van der Waals surface area contributed by atoms with Crippen molar-refractivity contribution < 1.29 is 14.0 Å². The first-order chi connectivity index (χ1) is 13.9. The molecule has 4 rings (SSSR count). The van der Waals surface area contributed by atoms with Crippen LogP contribution in [0.5, 0.6) is 0 Å². The average molecular weight is 395 g/mol. The minimum Gasteiger partial charge on any atom is -0.339 e. The Bertz CT molecular complexity index is 933. The van der Waals surface area contributed by atoms with Crippen LogP contribution in [0.3, 0.4) is 0 Å². The molecule has 2 saturated heterocycles. The van der Waals surface area contributed by atoms with Gasteiger partial charge in [-0.2, -0.15) is 0 Å². The molecule has 2 aromatic rings. The van der Waals surface area contributed by atoms with E-state index in [1.807, 2.05) is 24.9 Å². The monoisotopic (exact) mass is 395 g/mol. The van der Waals surface area contributed by atoms with Gasteiger partial charge in [-0.1, -0.05) is 18.2 Å². The normalized spacial score (nSPS) is 22.9. The highest BCUT2D eigenvalue weighted by Gasteiger charge is 2.36. The van der Waals surface area contributed by atoms with E-state index in [0.717, 1.165) is 18.4 Å². The van der Waals surface area contributed by atoms with Crippen LogP contribution in [0, 0.1) is 12.7 Å². The van der Waals surface area contributed by atoms with Gasteiger partial charge in [0.2, 0.25) is 0 Å². The smallest absolute Gasteiger partial charge is 0.258 e. The van der Waals surface area contributed by atoms with Crippen LogP contribution in [-0.4, -0.2) is 41.9 Å². The van der Waals surface area contributed by atoms with Gasteiger partial charge in [-0.05, 0) is 62.4 Å². The van der Waals surface area contributed by atoms with Gasteiger partial charge in [0, 0.05) is 36.4 Å². The molecular formula is C23H26FN3O2. The van der Waals surface area contributed by atoms with Gasteiger partial charge in [0.1, 0.15) is 5.82 Å². The summed E-state index contributed by atoms with van der Waals surface area (Å²) in [5.41, 5.74) is 1.83. The van der Waals surface area contributed by atoms with E-state index in [9.17, 15) is 14.0 Å². The fourth-order valence-corrected chi connectivity index (χ4v) is 4.44. The van der Waals surface area contributed by atoms with Crippen LogP contribution < -0.4 is 10.6 Å². The lowest BCUT2D eigenvalue weighted by atomic mass is 9.97. The second kappa shape index (κ2) is 7.95. The summed E-state index contributed by atoms with van der Waals surface area (Å²) in [7, 11) is 1.86. The van der Waals surface area contributed by atoms with Gasteiger partial charge in [-0.3, -0.25) is 9.59 Å². The van der Waals surface area contributed by atoms with Gasteiger partial charge < -0.3 is 15.5 Å². The minimum atomic E-state index is -0.574. The first-order valence-corrected chi connectivity index (χ1v) is 10.1. The lowest BCUT2D eigenvalue weighted by Gasteiger charge is -2.35. The van der Waals surface area contributed by atoms with E-state index in [0.29, 0.717) is 23.3 Å². The number of benzene rings is 2. The summed E-state index contributed by atoms with van der Waals surface area (Å²) in [6, 6.07) is 12.3. The lowest BCUT2D eigenvalue weighted by Crippen LogP contribution is -2.48. The predicted octanol–water partition coefficient (Wildman–Crippen LogP) is 3.74. The Balaban J connectivity index is 1.51. The second-order valence-corrected chi connectivity index (χ2v) is 8.14. The molecule has 2 unspecified atom stereocenters. The minimum absolute atomic E-state index is 0.0223. The van der Waals surface area contributed by atoms with Crippen LogP contribution >= 0.6 is 0 Å². The Kier molecular flexibility index (Phi) is 5.37. The third kappa shape index (κ3) is 4.03. The van der Waals surface area contributed by atoms with Crippen molar-refractivity contribution in [1.29, 1.82) is 0 Å². The van der Waals surface area contributed by atoms with E-state index in [1.165, 1.54) is 25.0 Å². The Hall–Kier alpha value is -2.73. The van der Waals surface area contributed by atoms with Gasteiger partial charge in [-0.15, -0.1) is 0 Å². The number of amides is 2. The van der Waals surface area contributed by atoms with Gasteiger partial charge in [0.05, 0.1) is 5.56 Å². The predicted molar refractivity (Wildman–Crippen MR) is 111 cm³/mol. The highest BCUT2D eigenvalue weighted by molar-refractivity contribution is 6.05. The molecule has 2 bridgehead atoms. The molecule has 5 nitrogen and oxygen atoms in total. The average Bonchev–Trinajstić information content (AvgIpc) is 3.06. The number of nitrogens with one attached hydrogen (secondary N) is 2. The van der Waals surface area contributed by atoms with E-state index < -0.39 is 11.7 Å². The van der Waals surface area contributed by atoms with Crippen molar-refractivity contribution in [1.82, 2.24) is 10.2 Å². The fraction of sp³-hybridized carbons (Fsp3) is 0.391. The zero-order valence-corrected chi connectivity index (χ0v) is 16.7. The van der Waals surface area contributed by atoms with Gasteiger partial charge >= 0.3 is 0 Å². The number of carbonyl (C=O) groups excluding carboxylic acids is 2. The van der Waals surface area contributed by atoms with Crippen LogP contribution in [0.2, 0.25) is 0 Å². The second-order valence-electron chi connectivity index (χ2n) is 8.14. The maximum atomic E-state index is 13.9. The summed E-state index contributed by atoms with van der Waals surface area (Å²) in [6.45, 7) is 1.85. The van der Waals surface area contributed by atoms with E-state index in [1.54, 1.807) is 24.3 Å². The van der Waals surface area contributed by atoms with Crippen LogP contribution in [-0.2, 0) is 0 Å². The van der Waals surface area contributed by atoms with Gasteiger partial charge in [0.15, 0.2) is 0 Å². The van der Waals surface area contributed by atoms with Crippen molar-refractivity contribution in [3.8, 4) is 0 Å². The van der Waals surface area contributed by atoms with Crippen molar-refractivity contribution >= 4 is 17.5 Å².